The van der Waals surface area contributed by atoms with Crippen LogP contribution in [0.2, 0.25) is 0 Å². The molecular formula is C15H13NO7. The van der Waals surface area contributed by atoms with Crippen molar-refractivity contribution in [2.45, 2.75) is 31.5 Å². The molecule has 1 saturated carbocycles. The molecule has 2 fully saturated rings. The second-order valence-corrected chi connectivity index (χ2v) is 5.27. The van der Waals surface area contributed by atoms with Crippen LogP contribution in [0.1, 0.15) is 31.4 Å². The van der Waals surface area contributed by atoms with E-state index in [1.807, 2.05) is 0 Å². The molecule has 0 radical (unpaired) electrons. The van der Waals surface area contributed by atoms with Gasteiger partial charge in [0.05, 0.1) is 6.07 Å². The molecule has 120 valence electrons. The highest BCUT2D eigenvalue weighted by Crippen LogP contribution is 2.38. The first kappa shape index (κ1) is 15.0. The summed E-state index contributed by atoms with van der Waals surface area (Å²) in [4.78, 5) is 33.8. The number of allylic oxidation sites excluding steroid dienone is 2. The zero-order valence-electron chi connectivity index (χ0n) is 12.0. The molecule has 0 amide bonds. The van der Waals surface area contributed by atoms with Gasteiger partial charge in [0.15, 0.2) is 0 Å². The van der Waals surface area contributed by atoms with Gasteiger partial charge in [-0.3, -0.25) is 10.1 Å². The van der Waals surface area contributed by atoms with Crippen LogP contribution < -0.4 is 0 Å². The molecule has 0 aromatic carbocycles. The van der Waals surface area contributed by atoms with E-state index < -0.39 is 28.5 Å². The number of carbonyl (C=O) groups excluding carboxylic acids is 2. The minimum absolute atomic E-state index is 0.221. The lowest BCUT2D eigenvalue weighted by molar-refractivity contribution is -0.402. The van der Waals surface area contributed by atoms with E-state index in [0.29, 0.717) is 12.8 Å². The number of furan rings is 1. The third kappa shape index (κ3) is 3.01. The van der Waals surface area contributed by atoms with Crippen LogP contribution in [0.25, 0.3) is 6.08 Å². The van der Waals surface area contributed by atoms with Crippen LogP contribution in [-0.2, 0) is 19.1 Å². The first-order valence-electron chi connectivity index (χ1n) is 7.08. The van der Waals surface area contributed by atoms with Crippen molar-refractivity contribution >= 4 is 23.9 Å². The molecule has 3 rings (SSSR count). The summed E-state index contributed by atoms with van der Waals surface area (Å²) in [5.41, 5.74) is -0.222. The van der Waals surface area contributed by atoms with Crippen molar-refractivity contribution in [1.82, 2.24) is 0 Å². The molecule has 2 heterocycles. The number of nitrogens with zero attached hydrogens (tertiary/aromatic N) is 1. The summed E-state index contributed by atoms with van der Waals surface area (Å²) < 4.78 is 15.4. The molecule has 0 bridgehead atoms. The Bertz CT molecular complexity index is 700. The summed E-state index contributed by atoms with van der Waals surface area (Å²) in [6.45, 7) is 0. The highest BCUT2D eigenvalue weighted by molar-refractivity contribution is 6.15. The first-order valence-corrected chi connectivity index (χ1v) is 7.08. The topological polar surface area (TPSA) is 109 Å². The summed E-state index contributed by atoms with van der Waals surface area (Å²) in [6.07, 6.45) is 6.72. The molecule has 1 aliphatic heterocycles. The zero-order valence-corrected chi connectivity index (χ0v) is 12.0. The third-order valence-corrected chi connectivity index (χ3v) is 3.68. The van der Waals surface area contributed by atoms with E-state index in [1.54, 1.807) is 0 Å². The second-order valence-electron chi connectivity index (χ2n) is 5.27. The van der Waals surface area contributed by atoms with Gasteiger partial charge in [0, 0.05) is 12.8 Å². The number of esters is 2. The maximum atomic E-state index is 12.0. The predicted octanol–water partition coefficient (Wildman–Crippen LogP) is 2.50. The van der Waals surface area contributed by atoms with Gasteiger partial charge < -0.3 is 13.9 Å². The molecule has 1 aromatic heterocycles. The predicted molar refractivity (Wildman–Crippen MR) is 75.9 cm³/mol. The Morgan fingerprint density at radius 2 is 1.78 bits per heavy atom. The fourth-order valence-corrected chi connectivity index (χ4v) is 2.57. The minimum Gasteiger partial charge on any atom is -0.419 e. The summed E-state index contributed by atoms with van der Waals surface area (Å²) in [6, 6.07) is 2.61. The molecule has 0 N–H and O–H groups in total. The fourth-order valence-electron chi connectivity index (χ4n) is 2.57. The molecule has 1 saturated heterocycles. The minimum atomic E-state index is -1.10. The van der Waals surface area contributed by atoms with Gasteiger partial charge in [-0.2, -0.15) is 0 Å². The van der Waals surface area contributed by atoms with Gasteiger partial charge in [-0.05, 0) is 31.1 Å². The van der Waals surface area contributed by atoms with Crippen LogP contribution in [0.3, 0.4) is 0 Å². The molecule has 23 heavy (non-hydrogen) atoms. The summed E-state index contributed by atoms with van der Waals surface area (Å²) in [5, 5.41) is 10.5. The van der Waals surface area contributed by atoms with Gasteiger partial charge in [0.1, 0.15) is 16.3 Å². The maximum Gasteiger partial charge on any atom is 0.433 e. The lowest BCUT2D eigenvalue weighted by Gasteiger charge is -2.32. The van der Waals surface area contributed by atoms with Crippen molar-refractivity contribution in [3.05, 3.63) is 45.7 Å². The van der Waals surface area contributed by atoms with Crippen LogP contribution in [0.5, 0.6) is 0 Å². The van der Waals surface area contributed by atoms with E-state index in [-0.39, 0.29) is 11.3 Å². The van der Waals surface area contributed by atoms with Crippen molar-refractivity contribution in [3.8, 4) is 0 Å². The van der Waals surface area contributed by atoms with Crippen molar-refractivity contribution in [3.63, 3.8) is 0 Å². The first-order chi connectivity index (χ1) is 11.0. The lowest BCUT2D eigenvalue weighted by Crippen LogP contribution is -2.44. The fraction of sp³-hybridized carbons (Fsp3) is 0.333. The van der Waals surface area contributed by atoms with Crippen LogP contribution in [-0.4, -0.2) is 22.6 Å². The Hall–Kier alpha value is -2.90. The van der Waals surface area contributed by atoms with Crippen molar-refractivity contribution < 1.29 is 28.4 Å². The highest BCUT2D eigenvalue weighted by atomic mass is 16.7. The van der Waals surface area contributed by atoms with Gasteiger partial charge in [-0.1, -0.05) is 6.08 Å². The zero-order chi connectivity index (χ0) is 16.4. The van der Waals surface area contributed by atoms with Crippen molar-refractivity contribution in [2.75, 3.05) is 0 Å². The Morgan fingerprint density at radius 1 is 1.13 bits per heavy atom. The number of carbonyl (C=O) groups is 2. The molecular weight excluding hydrogens is 306 g/mol. The highest BCUT2D eigenvalue weighted by Gasteiger charge is 2.47. The molecule has 0 atom stereocenters. The SMILES string of the molecule is O=C1OC2(CCCC2)OC(=O)C1=C/C=C\c1ccc([N+](=O)[O-])o1. The third-order valence-electron chi connectivity index (χ3n) is 3.68. The number of hydrogen-bond donors (Lipinski definition) is 0. The van der Waals surface area contributed by atoms with Crippen LogP contribution in [0.15, 0.2) is 34.3 Å². The van der Waals surface area contributed by atoms with Crippen molar-refractivity contribution in [2.24, 2.45) is 0 Å². The van der Waals surface area contributed by atoms with E-state index in [1.165, 1.54) is 30.4 Å². The average Bonchev–Trinajstić information content (AvgIpc) is 3.12. The molecule has 1 aromatic rings. The maximum absolute atomic E-state index is 12.0. The quantitative estimate of drug-likeness (QED) is 0.277. The van der Waals surface area contributed by atoms with Crippen molar-refractivity contribution in [1.29, 1.82) is 0 Å². The summed E-state index contributed by atoms with van der Waals surface area (Å²) in [5.74, 6) is -2.72. The second kappa shape index (κ2) is 5.71. The Kier molecular flexibility index (Phi) is 3.73. The lowest BCUT2D eigenvalue weighted by atomic mass is 10.1. The Labute approximate surface area is 130 Å². The van der Waals surface area contributed by atoms with Gasteiger partial charge in [0.2, 0.25) is 0 Å². The van der Waals surface area contributed by atoms with Crippen LogP contribution in [0, 0.1) is 10.1 Å². The Morgan fingerprint density at radius 3 is 2.35 bits per heavy atom. The summed E-state index contributed by atoms with van der Waals surface area (Å²) >= 11 is 0. The van der Waals surface area contributed by atoms with Gasteiger partial charge in [-0.25, -0.2) is 9.59 Å². The van der Waals surface area contributed by atoms with Gasteiger partial charge in [0.25, 0.3) is 5.79 Å². The molecule has 1 aliphatic carbocycles. The van der Waals surface area contributed by atoms with E-state index in [9.17, 15) is 19.7 Å². The van der Waals surface area contributed by atoms with Crippen LogP contribution >= 0.6 is 0 Å². The molecule has 1 spiro atoms. The molecule has 8 nitrogen and oxygen atoms in total. The van der Waals surface area contributed by atoms with E-state index in [2.05, 4.69) is 0 Å². The monoisotopic (exact) mass is 319 g/mol. The number of hydrogen-bond acceptors (Lipinski definition) is 7. The van der Waals surface area contributed by atoms with Crippen LogP contribution in [0.4, 0.5) is 5.88 Å². The van der Waals surface area contributed by atoms with Gasteiger partial charge >= 0.3 is 17.8 Å². The standard InChI is InChI=1S/C15H13NO7/c17-13-11(14(18)23-15(22-13)8-1-2-9-15)5-3-4-10-6-7-12(21-10)16(19)20/h3-7H,1-2,8-9H2/b4-3-. The molecule has 8 heteroatoms. The van der Waals surface area contributed by atoms with E-state index in [0.717, 1.165) is 12.8 Å². The van der Waals surface area contributed by atoms with E-state index >= 15 is 0 Å². The smallest absolute Gasteiger partial charge is 0.419 e. The largest absolute Gasteiger partial charge is 0.433 e. The molecule has 0 unspecified atom stereocenters. The number of nitro groups is 1. The normalized spacial score (nSPS) is 19.9. The summed E-state index contributed by atoms with van der Waals surface area (Å²) in [7, 11) is 0. The average molecular weight is 319 g/mol. The number of ether oxygens (including phenoxy) is 2. The van der Waals surface area contributed by atoms with E-state index in [4.69, 9.17) is 13.9 Å². The number of rotatable bonds is 3. The Balaban J connectivity index is 1.72. The molecule has 2 aliphatic rings. The van der Waals surface area contributed by atoms with Gasteiger partial charge in [-0.15, -0.1) is 0 Å².